The predicted molar refractivity (Wildman–Crippen MR) is 103 cm³/mol. The number of carbonyl (C=O) groups excluding carboxylic acids is 1. The Bertz CT molecular complexity index is 1060. The second-order valence-corrected chi connectivity index (χ2v) is 6.52. The quantitative estimate of drug-likeness (QED) is 0.739. The van der Waals surface area contributed by atoms with Gasteiger partial charge in [0.2, 0.25) is 5.91 Å². The fourth-order valence-corrected chi connectivity index (χ4v) is 2.84. The first-order valence-corrected chi connectivity index (χ1v) is 8.62. The van der Waals surface area contributed by atoms with Gasteiger partial charge in [0, 0.05) is 28.0 Å². The van der Waals surface area contributed by atoms with E-state index in [1.807, 2.05) is 0 Å². The van der Waals surface area contributed by atoms with Crippen molar-refractivity contribution in [1.82, 2.24) is 9.55 Å². The van der Waals surface area contributed by atoms with Crippen molar-refractivity contribution >= 4 is 23.2 Å². The maximum absolute atomic E-state index is 13.2. The Morgan fingerprint density at radius 3 is 2.59 bits per heavy atom. The molecule has 0 aliphatic carbocycles. The summed E-state index contributed by atoms with van der Waals surface area (Å²) in [5.74, 6) is -0.482. The van der Waals surface area contributed by atoms with Gasteiger partial charge in [0.05, 0.1) is 0 Å². The number of halogens is 2. The largest absolute Gasteiger partial charge is 0.324 e. The number of anilines is 1. The van der Waals surface area contributed by atoms with Crippen LogP contribution >= 0.6 is 11.6 Å². The van der Waals surface area contributed by atoms with Gasteiger partial charge in [-0.2, -0.15) is 0 Å². The fraction of sp³-hybridized carbons (Fsp3) is 0.150. The highest BCUT2D eigenvalue weighted by Gasteiger charge is 2.14. The second kappa shape index (κ2) is 7.72. The SMILES string of the molecule is Cc1cc(=O)n(CC(=O)Nc2cccc(Cl)c2C)c(-c2ccc(F)cc2)n1. The van der Waals surface area contributed by atoms with E-state index in [1.54, 1.807) is 32.0 Å². The van der Waals surface area contributed by atoms with E-state index >= 15 is 0 Å². The van der Waals surface area contributed by atoms with Crippen molar-refractivity contribution < 1.29 is 9.18 Å². The van der Waals surface area contributed by atoms with Crippen LogP contribution in [0.3, 0.4) is 0 Å². The van der Waals surface area contributed by atoms with E-state index in [-0.39, 0.29) is 12.1 Å². The lowest BCUT2D eigenvalue weighted by Gasteiger charge is -2.14. The Morgan fingerprint density at radius 1 is 1.19 bits per heavy atom. The molecule has 1 aromatic heterocycles. The molecule has 1 N–H and O–H groups in total. The summed E-state index contributed by atoms with van der Waals surface area (Å²) in [5.41, 5.74) is 2.01. The number of hydrogen-bond donors (Lipinski definition) is 1. The molecule has 3 rings (SSSR count). The molecule has 0 atom stereocenters. The van der Waals surface area contributed by atoms with Crippen molar-refractivity contribution in [2.45, 2.75) is 20.4 Å². The Morgan fingerprint density at radius 2 is 1.89 bits per heavy atom. The number of rotatable bonds is 4. The molecule has 0 radical (unpaired) electrons. The van der Waals surface area contributed by atoms with E-state index < -0.39 is 11.7 Å². The summed E-state index contributed by atoms with van der Waals surface area (Å²) in [6, 6.07) is 12.1. The van der Waals surface area contributed by atoms with E-state index in [2.05, 4.69) is 10.3 Å². The molecule has 3 aromatic rings. The number of aryl methyl sites for hydroxylation is 1. The van der Waals surface area contributed by atoms with Crippen LogP contribution in [-0.2, 0) is 11.3 Å². The average molecular weight is 386 g/mol. The van der Waals surface area contributed by atoms with Crippen LogP contribution in [0.4, 0.5) is 10.1 Å². The molecule has 2 aromatic carbocycles. The molecular formula is C20H17ClFN3O2. The van der Waals surface area contributed by atoms with Crippen LogP contribution in [0.15, 0.2) is 53.3 Å². The van der Waals surface area contributed by atoms with Gasteiger partial charge in [0.1, 0.15) is 18.2 Å². The highest BCUT2D eigenvalue weighted by molar-refractivity contribution is 6.31. The van der Waals surface area contributed by atoms with Crippen LogP contribution in [-0.4, -0.2) is 15.5 Å². The summed E-state index contributed by atoms with van der Waals surface area (Å²) in [6.07, 6.45) is 0. The molecule has 0 aliphatic heterocycles. The minimum absolute atomic E-state index is 0.231. The topological polar surface area (TPSA) is 64.0 Å². The van der Waals surface area contributed by atoms with Gasteiger partial charge in [-0.1, -0.05) is 17.7 Å². The number of amides is 1. The lowest BCUT2D eigenvalue weighted by atomic mass is 10.2. The van der Waals surface area contributed by atoms with Crippen molar-refractivity contribution in [3.05, 3.63) is 81.0 Å². The molecule has 0 fully saturated rings. The van der Waals surface area contributed by atoms with Gasteiger partial charge >= 0.3 is 0 Å². The third-order valence-corrected chi connectivity index (χ3v) is 4.49. The standard InChI is InChI=1S/C20H17ClFN3O2/c1-12-10-19(27)25(20(23-12)14-6-8-15(22)9-7-14)11-18(26)24-17-5-3-4-16(21)13(17)2/h3-10H,11H2,1-2H3,(H,24,26). The van der Waals surface area contributed by atoms with Crippen molar-refractivity contribution in [1.29, 1.82) is 0 Å². The summed E-state index contributed by atoms with van der Waals surface area (Å²) in [4.78, 5) is 29.3. The number of carbonyl (C=O) groups is 1. The van der Waals surface area contributed by atoms with Crippen molar-refractivity contribution in [3.8, 4) is 11.4 Å². The number of aromatic nitrogens is 2. The molecule has 0 unspecified atom stereocenters. The summed E-state index contributed by atoms with van der Waals surface area (Å²) in [5, 5.41) is 3.29. The van der Waals surface area contributed by atoms with Crippen LogP contribution in [0, 0.1) is 19.7 Å². The van der Waals surface area contributed by atoms with Crippen LogP contribution in [0.2, 0.25) is 5.02 Å². The number of nitrogens with one attached hydrogen (secondary N) is 1. The maximum atomic E-state index is 13.2. The summed E-state index contributed by atoms with van der Waals surface area (Å²) in [7, 11) is 0. The number of hydrogen-bond acceptors (Lipinski definition) is 3. The van der Waals surface area contributed by atoms with Crippen molar-refractivity contribution in [2.24, 2.45) is 0 Å². The van der Waals surface area contributed by atoms with E-state index in [4.69, 9.17) is 11.6 Å². The molecule has 138 valence electrons. The Labute approximate surface area is 160 Å². The minimum Gasteiger partial charge on any atom is -0.324 e. The van der Waals surface area contributed by atoms with Gasteiger partial charge in [-0.15, -0.1) is 0 Å². The summed E-state index contributed by atoms with van der Waals surface area (Å²) >= 11 is 6.07. The van der Waals surface area contributed by atoms with Crippen LogP contribution in [0.5, 0.6) is 0 Å². The lowest BCUT2D eigenvalue weighted by Crippen LogP contribution is -2.29. The molecule has 1 heterocycles. The van der Waals surface area contributed by atoms with Crippen molar-refractivity contribution in [2.75, 3.05) is 5.32 Å². The summed E-state index contributed by atoms with van der Waals surface area (Å²) in [6.45, 7) is 3.25. The molecule has 0 saturated carbocycles. The Hall–Kier alpha value is -2.99. The molecule has 27 heavy (non-hydrogen) atoms. The molecule has 5 nitrogen and oxygen atoms in total. The smallest absolute Gasteiger partial charge is 0.254 e. The normalized spacial score (nSPS) is 10.7. The van der Waals surface area contributed by atoms with Crippen LogP contribution < -0.4 is 10.9 Å². The zero-order chi connectivity index (χ0) is 19.6. The van der Waals surface area contributed by atoms with Gasteiger partial charge in [0.25, 0.3) is 5.56 Å². The third kappa shape index (κ3) is 4.23. The van der Waals surface area contributed by atoms with Crippen molar-refractivity contribution in [3.63, 3.8) is 0 Å². The fourth-order valence-electron chi connectivity index (χ4n) is 2.67. The van der Waals surface area contributed by atoms with E-state index in [9.17, 15) is 14.0 Å². The molecule has 7 heteroatoms. The zero-order valence-electron chi connectivity index (χ0n) is 14.8. The Balaban J connectivity index is 1.94. The number of nitrogens with zero attached hydrogens (tertiary/aromatic N) is 2. The first kappa shape index (κ1) is 18.8. The van der Waals surface area contributed by atoms with E-state index in [1.165, 1.54) is 34.9 Å². The van der Waals surface area contributed by atoms with Gasteiger partial charge < -0.3 is 5.32 Å². The zero-order valence-corrected chi connectivity index (χ0v) is 15.5. The minimum atomic E-state index is -0.394. The summed E-state index contributed by atoms with van der Waals surface area (Å²) < 4.78 is 14.5. The molecular weight excluding hydrogens is 369 g/mol. The maximum Gasteiger partial charge on any atom is 0.254 e. The van der Waals surface area contributed by atoms with Gasteiger partial charge in [0.15, 0.2) is 0 Å². The van der Waals surface area contributed by atoms with Crippen LogP contribution in [0.25, 0.3) is 11.4 Å². The highest BCUT2D eigenvalue weighted by Crippen LogP contribution is 2.23. The third-order valence-electron chi connectivity index (χ3n) is 4.08. The Kier molecular flexibility index (Phi) is 5.37. The van der Waals surface area contributed by atoms with Crippen LogP contribution in [0.1, 0.15) is 11.3 Å². The van der Waals surface area contributed by atoms with E-state index in [0.29, 0.717) is 27.8 Å². The highest BCUT2D eigenvalue weighted by atomic mass is 35.5. The molecule has 0 spiro atoms. The average Bonchev–Trinajstić information content (AvgIpc) is 2.62. The molecule has 0 bridgehead atoms. The van der Waals surface area contributed by atoms with E-state index in [0.717, 1.165) is 5.56 Å². The van der Waals surface area contributed by atoms with Gasteiger partial charge in [-0.25, -0.2) is 9.37 Å². The van der Waals surface area contributed by atoms with Gasteiger partial charge in [-0.3, -0.25) is 14.2 Å². The monoisotopic (exact) mass is 385 g/mol. The molecule has 0 saturated heterocycles. The molecule has 1 amide bonds. The first-order chi connectivity index (χ1) is 12.8. The first-order valence-electron chi connectivity index (χ1n) is 8.24. The second-order valence-electron chi connectivity index (χ2n) is 6.11. The van der Waals surface area contributed by atoms with Gasteiger partial charge in [-0.05, 0) is 55.8 Å². The predicted octanol–water partition coefficient (Wildman–Crippen LogP) is 3.96. The lowest BCUT2D eigenvalue weighted by molar-refractivity contribution is -0.116. The number of benzene rings is 2. The molecule has 0 aliphatic rings.